The normalized spacial score (nSPS) is 11.4. The van der Waals surface area contributed by atoms with E-state index in [0.717, 1.165) is 11.1 Å². The molecule has 2 aromatic carbocycles. The maximum absolute atomic E-state index is 12.2. The Labute approximate surface area is 163 Å². The summed E-state index contributed by atoms with van der Waals surface area (Å²) in [6, 6.07) is 19.2. The molecule has 0 spiro atoms. The Hall–Kier alpha value is -3.98. The van der Waals surface area contributed by atoms with Crippen LogP contribution in [0.4, 0.5) is 5.69 Å². The number of amides is 1. The molecule has 0 aliphatic heterocycles. The van der Waals surface area contributed by atoms with Crippen molar-refractivity contribution in [1.29, 1.82) is 5.26 Å². The molecule has 6 heteroatoms. The number of hydrogen-bond donors (Lipinski definition) is 1. The molecule has 0 saturated heterocycles. The highest BCUT2D eigenvalue weighted by molar-refractivity contribution is 6.06. The SMILES string of the molecule is Cc1ccc(NC(=O)/C(C#N)=C/C=C/c2cn(Cc3ccccc3)nn2)cc1. The molecule has 0 saturated carbocycles. The number of nitrogens with one attached hydrogen (secondary N) is 1. The van der Waals surface area contributed by atoms with Crippen molar-refractivity contribution < 1.29 is 4.79 Å². The summed E-state index contributed by atoms with van der Waals surface area (Å²) in [6.07, 6.45) is 6.57. The van der Waals surface area contributed by atoms with Crippen molar-refractivity contribution in [3.63, 3.8) is 0 Å². The first kappa shape index (κ1) is 18.8. The number of carbonyl (C=O) groups is 1. The van der Waals surface area contributed by atoms with Crippen molar-refractivity contribution in [2.75, 3.05) is 5.32 Å². The largest absolute Gasteiger partial charge is 0.321 e. The standard InChI is InChI=1S/C22H19N5O/c1-17-10-12-20(13-11-17)24-22(28)19(14-23)8-5-9-21-16-27(26-25-21)15-18-6-3-2-4-7-18/h2-13,16H,15H2,1H3,(H,24,28)/b9-5+,19-8+. The molecule has 0 atom stereocenters. The highest BCUT2D eigenvalue weighted by Gasteiger charge is 2.08. The topological polar surface area (TPSA) is 83.6 Å². The molecule has 0 radical (unpaired) electrons. The molecule has 0 aliphatic rings. The zero-order valence-corrected chi connectivity index (χ0v) is 15.4. The number of carbonyl (C=O) groups excluding carboxylic acids is 1. The van der Waals surface area contributed by atoms with Crippen molar-refractivity contribution in [3.8, 4) is 6.07 Å². The zero-order valence-electron chi connectivity index (χ0n) is 15.4. The van der Waals surface area contributed by atoms with E-state index in [1.807, 2.05) is 55.5 Å². The van der Waals surface area contributed by atoms with Crippen molar-refractivity contribution >= 4 is 17.7 Å². The van der Waals surface area contributed by atoms with E-state index in [-0.39, 0.29) is 5.57 Å². The molecule has 28 heavy (non-hydrogen) atoms. The van der Waals surface area contributed by atoms with Gasteiger partial charge in [-0.1, -0.05) is 59.3 Å². The Morgan fingerprint density at radius 1 is 1.18 bits per heavy atom. The lowest BCUT2D eigenvalue weighted by molar-refractivity contribution is -0.112. The quantitative estimate of drug-likeness (QED) is 0.408. The predicted molar refractivity (Wildman–Crippen MR) is 108 cm³/mol. The first-order valence-electron chi connectivity index (χ1n) is 8.74. The Balaban J connectivity index is 1.62. The molecule has 3 aromatic rings. The molecule has 1 N–H and O–H groups in total. The lowest BCUT2D eigenvalue weighted by atomic mass is 10.2. The monoisotopic (exact) mass is 369 g/mol. The smallest absolute Gasteiger partial charge is 0.266 e. The molecule has 6 nitrogen and oxygen atoms in total. The number of rotatable bonds is 6. The van der Waals surface area contributed by atoms with E-state index >= 15 is 0 Å². The van der Waals surface area contributed by atoms with Crippen molar-refractivity contribution in [2.24, 2.45) is 0 Å². The summed E-state index contributed by atoms with van der Waals surface area (Å²) in [5.41, 5.74) is 3.51. The molecule has 0 aliphatic carbocycles. The van der Waals surface area contributed by atoms with Gasteiger partial charge in [0.2, 0.25) is 0 Å². The van der Waals surface area contributed by atoms with E-state index in [4.69, 9.17) is 0 Å². The van der Waals surface area contributed by atoms with E-state index in [2.05, 4.69) is 15.6 Å². The van der Waals surface area contributed by atoms with Gasteiger partial charge in [-0.05, 0) is 36.8 Å². The van der Waals surface area contributed by atoms with Gasteiger partial charge >= 0.3 is 0 Å². The Morgan fingerprint density at radius 2 is 1.93 bits per heavy atom. The minimum Gasteiger partial charge on any atom is -0.321 e. The first-order chi connectivity index (χ1) is 13.6. The van der Waals surface area contributed by atoms with Crippen molar-refractivity contribution in [3.05, 3.63) is 95.3 Å². The molecular weight excluding hydrogens is 350 g/mol. The maximum Gasteiger partial charge on any atom is 0.266 e. The fourth-order valence-corrected chi connectivity index (χ4v) is 2.48. The molecule has 1 aromatic heterocycles. The van der Waals surface area contributed by atoms with Crippen LogP contribution in [0.2, 0.25) is 0 Å². The van der Waals surface area contributed by atoms with Crippen LogP contribution in [0.5, 0.6) is 0 Å². The summed E-state index contributed by atoms with van der Waals surface area (Å²) >= 11 is 0. The number of nitriles is 1. The molecule has 0 bridgehead atoms. The molecule has 1 heterocycles. The summed E-state index contributed by atoms with van der Waals surface area (Å²) in [5.74, 6) is -0.455. The van der Waals surface area contributed by atoms with Crippen LogP contribution in [0.3, 0.4) is 0 Å². The molecule has 3 rings (SSSR count). The molecular formula is C22H19N5O. The lowest BCUT2D eigenvalue weighted by Crippen LogP contribution is -2.13. The summed E-state index contributed by atoms with van der Waals surface area (Å²) in [6.45, 7) is 2.59. The molecule has 1 amide bonds. The molecule has 138 valence electrons. The van der Waals surface area contributed by atoms with Crippen LogP contribution in [0, 0.1) is 18.3 Å². The van der Waals surface area contributed by atoms with Gasteiger partial charge in [-0.3, -0.25) is 4.79 Å². The summed E-state index contributed by atoms with van der Waals surface area (Å²) in [5, 5.41) is 20.1. The van der Waals surface area contributed by atoms with Crippen molar-refractivity contribution in [2.45, 2.75) is 13.5 Å². The minimum atomic E-state index is -0.455. The second kappa shape index (κ2) is 9.10. The first-order valence-corrected chi connectivity index (χ1v) is 8.74. The van der Waals surface area contributed by atoms with Gasteiger partial charge in [-0.15, -0.1) is 5.10 Å². The van der Waals surface area contributed by atoms with E-state index in [9.17, 15) is 10.1 Å². The third-order valence-corrected chi connectivity index (χ3v) is 3.95. The third kappa shape index (κ3) is 5.26. The summed E-state index contributed by atoms with van der Waals surface area (Å²) in [7, 11) is 0. The molecule has 0 unspecified atom stereocenters. The van der Waals surface area contributed by atoms with Crippen LogP contribution < -0.4 is 5.32 Å². The van der Waals surface area contributed by atoms with Crippen LogP contribution in [0.1, 0.15) is 16.8 Å². The maximum atomic E-state index is 12.2. The van der Waals surface area contributed by atoms with Crippen LogP contribution in [0.15, 0.2) is 78.5 Å². The number of benzene rings is 2. The number of anilines is 1. The van der Waals surface area contributed by atoms with Crippen molar-refractivity contribution in [1.82, 2.24) is 15.0 Å². The van der Waals surface area contributed by atoms with Gasteiger partial charge in [0.15, 0.2) is 0 Å². The van der Waals surface area contributed by atoms with Crippen LogP contribution in [-0.4, -0.2) is 20.9 Å². The highest BCUT2D eigenvalue weighted by atomic mass is 16.1. The second-order valence-electron chi connectivity index (χ2n) is 6.20. The zero-order chi connectivity index (χ0) is 19.8. The summed E-state index contributed by atoms with van der Waals surface area (Å²) < 4.78 is 1.73. The predicted octanol–water partition coefficient (Wildman–Crippen LogP) is 3.74. The number of nitrogens with zero attached hydrogens (tertiary/aromatic N) is 4. The van der Waals surface area contributed by atoms with Gasteiger partial charge in [0.25, 0.3) is 5.91 Å². The Kier molecular flexibility index (Phi) is 6.11. The average molecular weight is 369 g/mol. The van der Waals surface area contributed by atoms with E-state index in [0.29, 0.717) is 17.9 Å². The Morgan fingerprint density at radius 3 is 2.64 bits per heavy atom. The van der Waals surface area contributed by atoms with Crippen LogP contribution in [-0.2, 0) is 11.3 Å². The van der Waals surface area contributed by atoms with E-state index in [1.165, 1.54) is 6.08 Å². The van der Waals surface area contributed by atoms with Gasteiger partial charge in [0.05, 0.1) is 12.7 Å². The van der Waals surface area contributed by atoms with E-state index < -0.39 is 5.91 Å². The van der Waals surface area contributed by atoms with Crippen LogP contribution in [0.25, 0.3) is 6.08 Å². The summed E-state index contributed by atoms with van der Waals surface area (Å²) in [4.78, 5) is 12.2. The third-order valence-electron chi connectivity index (χ3n) is 3.95. The fraction of sp³-hybridized carbons (Fsp3) is 0.0909. The van der Waals surface area contributed by atoms with E-state index in [1.54, 1.807) is 35.2 Å². The number of hydrogen-bond acceptors (Lipinski definition) is 4. The van der Waals surface area contributed by atoms with Gasteiger partial charge in [-0.2, -0.15) is 5.26 Å². The second-order valence-corrected chi connectivity index (χ2v) is 6.20. The highest BCUT2D eigenvalue weighted by Crippen LogP contribution is 2.10. The van der Waals surface area contributed by atoms with Gasteiger partial charge in [-0.25, -0.2) is 4.68 Å². The fourth-order valence-electron chi connectivity index (χ4n) is 2.48. The number of aryl methyl sites for hydroxylation is 1. The number of aromatic nitrogens is 3. The van der Waals surface area contributed by atoms with Gasteiger partial charge in [0.1, 0.15) is 17.3 Å². The Bertz CT molecular complexity index is 1040. The number of allylic oxidation sites excluding steroid dienone is 2. The molecule has 0 fully saturated rings. The lowest BCUT2D eigenvalue weighted by Gasteiger charge is -2.03. The minimum absolute atomic E-state index is 0.00787. The van der Waals surface area contributed by atoms with Gasteiger partial charge < -0.3 is 5.32 Å². The van der Waals surface area contributed by atoms with Gasteiger partial charge in [0, 0.05) is 5.69 Å². The average Bonchev–Trinajstić information content (AvgIpc) is 3.15. The van der Waals surface area contributed by atoms with Crippen LogP contribution >= 0.6 is 0 Å².